The molecule has 0 aliphatic heterocycles. The van der Waals surface area contributed by atoms with E-state index in [4.69, 9.17) is 0 Å². The number of rotatable bonds is 5. The van der Waals surface area contributed by atoms with Crippen molar-refractivity contribution in [3.8, 4) is 0 Å². The van der Waals surface area contributed by atoms with Crippen LogP contribution < -0.4 is 5.32 Å². The molecule has 0 saturated carbocycles. The van der Waals surface area contributed by atoms with Crippen molar-refractivity contribution in [1.82, 2.24) is 14.8 Å². The van der Waals surface area contributed by atoms with Gasteiger partial charge in [-0.15, -0.1) is 0 Å². The molecule has 0 amide bonds. The molecular weight excluding hydrogens is 332 g/mol. The third kappa shape index (κ3) is 3.40. The van der Waals surface area contributed by atoms with E-state index < -0.39 is 6.10 Å². The maximum atomic E-state index is 10.0. The second kappa shape index (κ2) is 6.24. The van der Waals surface area contributed by atoms with Crippen LogP contribution in [0, 0.1) is 0 Å². The van der Waals surface area contributed by atoms with Crippen LogP contribution in [0.15, 0.2) is 53.4 Å². The fourth-order valence-corrected chi connectivity index (χ4v) is 2.54. The summed E-state index contributed by atoms with van der Waals surface area (Å²) in [6.07, 6.45) is 4.79. The molecule has 108 valence electrons. The molecule has 0 bridgehead atoms. The predicted octanol–water partition coefficient (Wildman–Crippen LogP) is 2.67. The number of aromatic nitrogens is 3. The second-order valence-electron chi connectivity index (χ2n) is 4.79. The highest BCUT2D eigenvalue weighted by Gasteiger charge is 2.07. The minimum Gasteiger partial charge on any atom is -0.389 e. The number of nitrogens with zero attached hydrogens (tertiary/aromatic N) is 3. The molecule has 0 spiro atoms. The lowest BCUT2D eigenvalue weighted by Crippen LogP contribution is -2.25. The molecule has 21 heavy (non-hydrogen) atoms. The Balaban J connectivity index is 1.70. The van der Waals surface area contributed by atoms with Gasteiger partial charge in [-0.05, 0) is 34.1 Å². The Hall–Kier alpha value is -1.92. The first-order valence-corrected chi connectivity index (χ1v) is 7.45. The molecule has 0 saturated heterocycles. The van der Waals surface area contributed by atoms with Gasteiger partial charge in [0, 0.05) is 35.0 Å². The summed E-state index contributed by atoms with van der Waals surface area (Å²) in [5.41, 5.74) is 1.81. The Kier molecular flexibility index (Phi) is 4.17. The quantitative estimate of drug-likeness (QED) is 0.745. The first-order valence-electron chi connectivity index (χ1n) is 6.66. The number of benzene rings is 1. The smallest absolute Gasteiger partial charge is 0.0934 e. The van der Waals surface area contributed by atoms with Crippen LogP contribution >= 0.6 is 15.9 Å². The minimum absolute atomic E-state index is 0.441. The average Bonchev–Trinajstić information content (AvgIpc) is 2.97. The first kappa shape index (κ1) is 14.0. The Bertz CT molecular complexity index is 730. The van der Waals surface area contributed by atoms with Crippen LogP contribution in [0.25, 0.3) is 10.9 Å². The van der Waals surface area contributed by atoms with Gasteiger partial charge in [0.1, 0.15) is 0 Å². The van der Waals surface area contributed by atoms with Crippen LogP contribution in [0.5, 0.6) is 0 Å². The van der Waals surface area contributed by atoms with Gasteiger partial charge in [0.15, 0.2) is 0 Å². The zero-order valence-corrected chi connectivity index (χ0v) is 12.9. The molecule has 3 rings (SSSR count). The van der Waals surface area contributed by atoms with Crippen molar-refractivity contribution in [3.63, 3.8) is 0 Å². The van der Waals surface area contributed by atoms with E-state index in [1.165, 1.54) is 0 Å². The lowest BCUT2D eigenvalue weighted by molar-refractivity contribution is 0.161. The Morgan fingerprint density at radius 2 is 2.24 bits per heavy atom. The molecule has 0 aliphatic carbocycles. The van der Waals surface area contributed by atoms with Gasteiger partial charge in [0.05, 0.1) is 23.9 Å². The van der Waals surface area contributed by atoms with Crippen LogP contribution in [-0.2, 0) is 6.54 Å². The molecule has 2 heterocycles. The standard InChI is InChI=1S/C15H15BrN4O/c16-12-7-11-3-1-4-14(15(11)18-8-12)17-9-13(21)10-20-6-2-5-19-20/h1-8,13,17,21H,9-10H2. The summed E-state index contributed by atoms with van der Waals surface area (Å²) in [7, 11) is 0. The highest BCUT2D eigenvalue weighted by atomic mass is 79.9. The summed E-state index contributed by atoms with van der Waals surface area (Å²) in [5.74, 6) is 0. The number of pyridine rings is 1. The van der Waals surface area contributed by atoms with Crippen molar-refractivity contribution in [1.29, 1.82) is 0 Å². The van der Waals surface area contributed by atoms with Gasteiger partial charge in [0.2, 0.25) is 0 Å². The summed E-state index contributed by atoms with van der Waals surface area (Å²) >= 11 is 3.42. The second-order valence-corrected chi connectivity index (χ2v) is 5.71. The monoisotopic (exact) mass is 346 g/mol. The first-order chi connectivity index (χ1) is 10.2. The highest BCUT2D eigenvalue weighted by molar-refractivity contribution is 9.10. The Labute approximate surface area is 130 Å². The van der Waals surface area contributed by atoms with Crippen molar-refractivity contribution in [2.24, 2.45) is 0 Å². The number of anilines is 1. The molecule has 5 nitrogen and oxygen atoms in total. The normalized spacial score (nSPS) is 12.5. The fourth-order valence-electron chi connectivity index (χ4n) is 2.19. The average molecular weight is 347 g/mol. The van der Waals surface area contributed by atoms with Crippen LogP contribution in [0.1, 0.15) is 0 Å². The van der Waals surface area contributed by atoms with Crippen LogP contribution in [-0.4, -0.2) is 32.5 Å². The van der Waals surface area contributed by atoms with Crippen molar-refractivity contribution in [2.45, 2.75) is 12.6 Å². The Morgan fingerprint density at radius 3 is 3.05 bits per heavy atom. The van der Waals surface area contributed by atoms with E-state index in [0.717, 1.165) is 21.1 Å². The van der Waals surface area contributed by atoms with E-state index >= 15 is 0 Å². The Morgan fingerprint density at radius 1 is 1.33 bits per heavy atom. The molecular formula is C15H15BrN4O. The molecule has 2 N–H and O–H groups in total. The number of nitrogens with one attached hydrogen (secondary N) is 1. The predicted molar refractivity (Wildman–Crippen MR) is 86.2 cm³/mol. The summed E-state index contributed by atoms with van der Waals surface area (Å²) in [4.78, 5) is 4.43. The molecule has 2 aromatic heterocycles. The van der Waals surface area contributed by atoms with Gasteiger partial charge >= 0.3 is 0 Å². The van der Waals surface area contributed by atoms with Gasteiger partial charge in [-0.1, -0.05) is 12.1 Å². The number of fused-ring (bicyclic) bond motifs is 1. The fraction of sp³-hybridized carbons (Fsp3) is 0.200. The maximum absolute atomic E-state index is 10.0. The van der Waals surface area contributed by atoms with Crippen LogP contribution in [0.2, 0.25) is 0 Å². The molecule has 1 unspecified atom stereocenters. The third-order valence-corrected chi connectivity index (χ3v) is 3.60. The molecule has 3 aromatic rings. The SMILES string of the molecule is OC(CNc1cccc2cc(Br)cnc12)Cn1cccn1. The summed E-state index contributed by atoms with van der Waals surface area (Å²) in [6.45, 7) is 0.903. The maximum Gasteiger partial charge on any atom is 0.0934 e. The molecule has 0 fully saturated rings. The van der Waals surface area contributed by atoms with Crippen molar-refractivity contribution >= 4 is 32.5 Å². The van der Waals surface area contributed by atoms with Gasteiger partial charge < -0.3 is 10.4 Å². The number of para-hydroxylation sites is 1. The van der Waals surface area contributed by atoms with E-state index in [-0.39, 0.29) is 0 Å². The molecule has 0 aliphatic rings. The number of aliphatic hydroxyl groups excluding tert-OH is 1. The van der Waals surface area contributed by atoms with Gasteiger partial charge in [-0.2, -0.15) is 5.10 Å². The van der Waals surface area contributed by atoms with E-state index in [1.54, 1.807) is 17.1 Å². The lowest BCUT2D eigenvalue weighted by atomic mass is 10.2. The number of aliphatic hydroxyl groups is 1. The van der Waals surface area contributed by atoms with Crippen molar-refractivity contribution < 1.29 is 5.11 Å². The van der Waals surface area contributed by atoms with E-state index in [9.17, 15) is 5.11 Å². The summed E-state index contributed by atoms with van der Waals surface area (Å²) < 4.78 is 2.66. The zero-order chi connectivity index (χ0) is 14.7. The van der Waals surface area contributed by atoms with Gasteiger partial charge in [-0.25, -0.2) is 0 Å². The van der Waals surface area contributed by atoms with Crippen molar-refractivity contribution in [3.05, 3.63) is 53.4 Å². The molecule has 6 heteroatoms. The number of hydrogen-bond donors (Lipinski definition) is 2. The minimum atomic E-state index is -0.518. The number of halogens is 1. The van der Waals surface area contributed by atoms with E-state index in [0.29, 0.717) is 13.1 Å². The lowest BCUT2D eigenvalue weighted by Gasteiger charge is -2.14. The van der Waals surface area contributed by atoms with E-state index in [2.05, 4.69) is 31.3 Å². The van der Waals surface area contributed by atoms with Gasteiger partial charge in [0.25, 0.3) is 0 Å². The van der Waals surface area contributed by atoms with Crippen LogP contribution in [0.4, 0.5) is 5.69 Å². The van der Waals surface area contributed by atoms with Crippen LogP contribution in [0.3, 0.4) is 0 Å². The summed E-state index contributed by atoms with van der Waals surface area (Å²) in [6, 6.07) is 9.81. The van der Waals surface area contributed by atoms with E-state index in [1.807, 2.05) is 36.5 Å². The molecule has 1 atom stereocenters. The number of hydrogen-bond acceptors (Lipinski definition) is 4. The highest BCUT2D eigenvalue weighted by Crippen LogP contribution is 2.23. The van der Waals surface area contributed by atoms with Crippen molar-refractivity contribution in [2.75, 3.05) is 11.9 Å². The summed E-state index contributed by atoms with van der Waals surface area (Å²) in [5, 5.41) is 18.4. The van der Waals surface area contributed by atoms with Gasteiger partial charge in [-0.3, -0.25) is 9.67 Å². The third-order valence-electron chi connectivity index (χ3n) is 3.16. The zero-order valence-electron chi connectivity index (χ0n) is 11.3. The topological polar surface area (TPSA) is 63.0 Å². The largest absolute Gasteiger partial charge is 0.389 e. The molecule has 1 aromatic carbocycles. The molecule has 0 radical (unpaired) electrons.